The smallest absolute Gasteiger partial charge is 0.311 e. The molecule has 0 aromatic rings. The maximum atomic E-state index is 11.8. The summed E-state index contributed by atoms with van der Waals surface area (Å²) >= 11 is 0. The average molecular weight is 362 g/mol. The Morgan fingerprint density at radius 1 is 1.12 bits per heavy atom. The lowest BCUT2D eigenvalue weighted by Gasteiger charge is -2.40. The van der Waals surface area contributed by atoms with Crippen LogP contribution < -0.4 is 0 Å². The number of esters is 1. The molecule has 25 heavy (non-hydrogen) atoms. The zero-order chi connectivity index (χ0) is 18.3. The number of carbonyl (C=O) groups excluding carboxylic acids is 1. The molecule has 0 radical (unpaired) electrons. The summed E-state index contributed by atoms with van der Waals surface area (Å²) in [6.07, 6.45) is -6.19. The third-order valence-corrected chi connectivity index (χ3v) is 5.79. The minimum absolute atomic E-state index is 0.0824. The van der Waals surface area contributed by atoms with Crippen LogP contribution in [0.3, 0.4) is 0 Å². The van der Waals surface area contributed by atoms with E-state index in [2.05, 4.69) is 0 Å². The van der Waals surface area contributed by atoms with E-state index in [-0.39, 0.29) is 37.1 Å². The van der Waals surface area contributed by atoms with Gasteiger partial charge in [-0.2, -0.15) is 0 Å². The van der Waals surface area contributed by atoms with Crippen LogP contribution in [0.4, 0.5) is 0 Å². The SMILES string of the molecule is C[C@H]1C[C@@H]2OC(=O)[C@@H](CO)[C@@H]2[C@@H]1CO[C@@H]1O[C@H](CO)[C@@H](O)[C@H](O)[C@H]1O. The number of hydrogen-bond donors (Lipinski definition) is 5. The van der Waals surface area contributed by atoms with Crippen molar-refractivity contribution in [2.75, 3.05) is 19.8 Å². The first-order valence-electron chi connectivity index (χ1n) is 8.62. The summed E-state index contributed by atoms with van der Waals surface area (Å²) in [7, 11) is 0. The number of hydrogen-bond acceptors (Lipinski definition) is 9. The highest BCUT2D eigenvalue weighted by molar-refractivity contribution is 5.75. The zero-order valence-electron chi connectivity index (χ0n) is 14.0. The van der Waals surface area contributed by atoms with Crippen molar-refractivity contribution in [1.82, 2.24) is 0 Å². The number of fused-ring (bicyclic) bond motifs is 1. The van der Waals surface area contributed by atoms with Crippen molar-refractivity contribution in [3.8, 4) is 0 Å². The Labute approximate surface area is 145 Å². The van der Waals surface area contributed by atoms with Crippen molar-refractivity contribution >= 4 is 5.97 Å². The highest BCUT2D eigenvalue weighted by Gasteiger charge is 2.55. The van der Waals surface area contributed by atoms with Crippen LogP contribution in [0.1, 0.15) is 13.3 Å². The monoisotopic (exact) mass is 362 g/mol. The molecule has 0 amide bonds. The second kappa shape index (κ2) is 7.43. The highest BCUT2D eigenvalue weighted by atomic mass is 16.7. The van der Waals surface area contributed by atoms with E-state index in [0.717, 1.165) is 0 Å². The summed E-state index contributed by atoms with van der Waals surface area (Å²) < 4.78 is 16.3. The van der Waals surface area contributed by atoms with Gasteiger partial charge in [-0.1, -0.05) is 6.92 Å². The van der Waals surface area contributed by atoms with E-state index < -0.39 is 49.2 Å². The van der Waals surface area contributed by atoms with E-state index in [1.54, 1.807) is 0 Å². The largest absolute Gasteiger partial charge is 0.462 e. The van der Waals surface area contributed by atoms with Crippen LogP contribution in [0.15, 0.2) is 0 Å². The molecule has 1 aliphatic carbocycles. The zero-order valence-corrected chi connectivity index (χ0v) is 14.0. The number of carbonyl (C=O) groups is 1. The Morgan fingerprint density at radius 3 is 2.48 bits per heavy atom. The van der Waals surface area contributed by atoms with Gasteiger partial charge in [-0.05, 0) is 18.3 Å². The Morgan fingerprint density at radius 2 is 1.84 bits per heavy atom. The summed E-state index contributed by atoms with van der Waals surface area (Å²) in [5.41, 5.74) is 0. The van der Waals surface area contributed by atoms with Gasteiger partial charge in [-0.15, -0.1) is 0 Å². The third kappa shape index (κ3) is 3.30. The molecule has 3 aliphatic rings. The Kier molecular flexibility index (Phi) is 5.64. The van der Waals surface area contributed by atoms with E-state index in [1.165, 1.54) is 0 Å². The van der Waals surface area contributed by atoms with E-state index in [9.17, 15) is 30.3 Å². The molecule has 2 aliphatic heterocycles. The number of aliphatic hydroxyl groups is 5. The maximum absolute atomic E-state index is 11.8. The third-order valence-electron chi connectivity index (χ3n) is 5.79. The summed E-state index contributed by atoms with van der Waals surface area (Å²) in [4.78, 5) is 11.8. The van der Waals surface area contributed by atoms with Crippen LogP contribution >= 0.6 is 0 Å². The van der Waals surface area contributed by atoms with Gasteiger partial charge < -0.3 is 39.7 Å². The Bertz CT molecular complexity index is 484. The minimum Gasteiger partial charge on any atom is -0.462 e. The first-order chi connectivity index (χ1) is 11.9. The molecule has 0 bridgehead atoms. The minimum atomic E-state index is -1.49. The second-order valence-corrected chi connectivity index (χ2v) is 7.25. The molecule has 0 aromatic carbocycles. The molecule has 144 valence electrons. The van der Waals surface area contributed by atoms with E-state index in [4.69, 9.17) is 14.2 Å². The molecule has 1 saturated carbocycles. The van der Waals surface area contributed by atoms with Crippen molar-refractivity contribution < 1.29 is 44.5 Å². The van der Waals surface area contributed by atoms with Crippen molar-refractivity contribution in [1.29, 1.82) is 0 Å². The normalized spacial score (nSPS) is 49.9. The maximum Gasteiger partial charge on any atom is 0.311 e. The molecule has 0 unspecified atom stereocenters. The lowest BCUT2D eigenvalue weighted by atomic mass is 9.83. The average Bonchev–Trinajstić information content (AvgIpc) is 3.05. The fourth-order valence-electron chi connectivity index (χ4n) is 4.31. The van der Waals surface area contributed by atoms with Crippen LogP contribution in [0.5, 0.6) is 0 Å². The van der Waals surface area contributed by atoms with Gasteiger partial charge in [-0.25, -0.2) is 0 Å². The molecule has 2 saturated heterocycles. The fraction of sp³-hybridized carbons (Fsp3) is 0.938. The van der Waals surface area contributed by atoms with Crippen LogP contribution in [0.25, 0.3) is 0 Å². The van der Waals surface area contributed by atoms with Crippen LogP contribution in [0, 0.1) is 23.7 Å². The van der Waals surface area contributed by atoms with Gasteiger partial charge in [0.15, 0.2) is 6.29 Å². The topological polar surface area (TPSA) is 146 Å². The molecule has 0 aromatic heterocycles. The lowest BCUT2D eigenvalue weighted by Crippen LogP contribution is -2.59. The Hall–Kier alpha value is -0.810. The fourth-order valence-corrected chi connectivity index (χ4v) is 4.31. The van der Waals surface area contributed by atoms with Crippen LogP contribution in [-0.4, -0.2) is 88.1 Å². The van der Waals surface area contributed by atoms with Crippen molar-refractivity contribution in [3.63, 3.8) is 0 Å². The second-order valence-electron chi connectivity index (χ2n) is 7.25. The van der Waals surface area contributed by atoms with E-state index >= 15 is 0 Å². The van der Waals surface area contributed by atoms with Gasteiger partial charge in [0.2, 0.25) is 0 Å². The molecule has 3 fully saturated rings. The molecule has 3 rings (SSSR count). The molecule has 9 nitrogen and oxygen atoms in total. The van der Waals surface area contributed by atoms with Crippen molar-refractivity contribution in [2.45, 2.75) is 50.2 Å². The van der Waals surface area contributed by atoms with E-state index in [0.29, 0.717) is 6.42 Å². The first kappa shape index (κ1) is 19.0. The summed E-state index contributed by atoms with van der Waals surface area (Å²) in [6, 6.07) is 0. The first-order valence-corrected chi connectivity index (χ1v) is 8.62. The van der Waals surface area contributed by atoms with Gasteiger partial charge in [-0.3, -0.25) is 4.79 Å². The molecule has 9 heteroatoms. The standard InChI is InChI=1S/C16H26O9/c1-6-2-9-11(7(3-17)15(22)24-9)8(6)5-23-16-14(21)13(20)12(19)10(4-18)25-16/h6-14,16-21H,2-5H2,1H3/t6-,7-,8+,9-,10+,11+,12+,13-,14+,16+/m0/s1. The molecular formula is C16H26O9. The van der Waals surface area contributed by atoms with E-state index in [1.807, 2.05) is 6.92 Å². The summed E-state index contributed by atoms with van der Waals surface area (Å²) in [6.45, 7) is 1.33. The Balaban J connectivity index is 1.65. The van der Waals surface area contributed by atoms with Gasteiger partial charge in [0, 0.05) is 5.92 Å². The van der Waals surface area contributed by atoms with Crippen molar-refractivity contribution in [2.24, 2.45) is 23.7 Å². The van der Waals surface area contributed by atoms with Gasteiger partial charge in [0.25, 0.3) is 0 Å². The molecule has 5 N–H and O–H groups in total. The van der Waals surface area contributed by atoms with Gasteiger partial charge in [0.1, 0.15) is 30.5 Å². The summed E-state index contributed by atoms with van der Waals surface area (Å²) in [5.74, 6) is -1.05. The summed E-state index contributed by atoms with van der Waals surface area (Å²) in [5, 5.41) is 48.3. The predicted molar refractivity (Wildman–Crippen MR) is 80.9 cm³/mol. The van der Waals surface area contributed by atoms with Crippen molar-refractivity contribution in [3.05, 3.63) is 0 Å². The number of ether oxygens (including phenoxy) is 3. The molecule has 10 atom stereocenters. The quantitative estimate of drug-likeness (QED) is 0.338. The molecular weight excluding hydrogens is 336 g/mol. The van der Waals surface area contributed by atoms with Gasteiger partial charge in [0.05, 0.1) is 25.7 Å². The number of rotatable bonds is 5. The predicted octanol–water partition coefficient (Wildman–Crippen LogP) is -2.39. The van der Waals surface area contributed by atoms with Crippen LogP contribution in [-0.2, 0) is 19.0 Å². The molecule has 0 spiro atoms. The highest BCUT2D eigenvalue weighted by Crippen LogP contribution is 2.47. The van der Waals surface area contributed by atoms with Gasteiger partial charge >= 0.3 is 5.97 Å². The van der Waals surface area contributed by atoms with Crippen LogP contribution in [0.2, 0.25) is 0 Å². The number of aliphatic hydroxyl groups excluding tert-OH is 5. The molecule has 2 heterocycles. The lowest BCUT2D eigenvalue weighted by molar-refractivity contribution is -0.304.